The molecule has 0 aliphatic carbocycles. The standard InChI is InChI=1S/C13H13N3O5/c1-3-21-13(17)9(7-14)8-15-10-4-5-11(16(18)19)12(6-10)20-2/h4-6,8,15H,3H2,1-2H3. The number of esters is 1. The van der Waals surface area contributed by atoms with Gasteiger partial charge < -0.3 is 14.8 Å². The van der Waals surface area contributed by atoms with Crippen molar-refractivity contribution in [1.82, 2.24) is 0 Å². The van der Waals surface area contributed by atoms with Gasteiger partial charge in [0.2, 0.25) is 0 Å². The number of nitriles is 1. The first kappa shape index (κ1) is 16.0. The largest absolute Gasteiger partial charge is 0.490 e. The third kappa shape index (κ3) is 4.21. The molecule has 8 nitrogen and oxygen atoms in total. The Labute approximate surface area is 120 Å². The first-order valence-corrected chi connectivity index (χ1v) is 5.89. The molecule has 8 heteroatoms. The predicted octanol–water partition coefficient (Wildman–Crippen LogP) is 1.99. The molecule has 1 N–H and O–H groups in total. The van der Waals surface area contributed by atoms with Crippen molar-refractivity contribution >= 4 is 17.3 Å². The molecule has 1 aromatic rings. The van der Waals surface area contributed by atoms with E-state index in [2.05, 4.69) is 5.32 Å². The fraction of sp³-hybridized carbons (Fsp3) is 0.231. The molecule has 1 rings (SSSR count). The van der Waals surface area contributed by atoms with Crippen molar-refractivity contribution in [3.05, 3.63) is 40.1 Å². The molecule has 0 spiro atoms. The van der Waals surface area contributed by atoms with Gasteiger partial charge in [0, 0.05) is 24.0 Å². The summed E-state index contributed by atoms with van der Waals surface area (Å²) in [7, 11) is 1.31. The van der Waals surface area contributed by atoms with Gasteiger partial charge in [-0.2, -0.15) is 5.26 Å². The molecule has 21 heavy (non-hydrogen) atoms. The summed E-state index contributed by atoms with van der Waals surface area (Å²) in [5.41, 5.74) is 0.0293. The number of rotatable bonds is 6. The third-order valence-corrected chi connectivity index (χ3v) is 2.38. The number of nitrogens with zero attached hydrogens (tertiary/aromatic N) is 2. The quantitative estimate of drug-likeness (QED) is 0.280. The summed E-state index contributed by atoms with van der Waals surface area (Å²) in [4.78, 5) is 21.6. The van der Waals surface area contributed by atoms with E-state index >= 15 is 0 Å². The zero-order chi connectivity index (χ0) is 15.8. The second-order valence-electron chi connectivity index (χ2n) is 3.68. The van der Waals surface area contributed by atoms with Crippen molar-refractivity contribution in [3.8, 4) is 11.8 Å². The number of benzene rings is 1. The van der Waals surface area contributed by atoms with Gasteiger partial charge in [0.05, 0.1) is 18.6 Å². The molecule has 0 amide bonds. The predicted molar refractivity (Wildman–Crippen MR) is 73.6 cm³/mol. The lowest BCUT2D eigenvalue weighted by atomic mass is 10.2. The maximum absolute atomic E-state index is 11.4. The van der Waals surface area contributed by atoms with Crippen LogP contribution in [0.5, 0.6) is 5.75 Å². The van der Waals surface area contributed by atoms with E-state index in [1.165, 1.54) is 31.5 Å². The van der Waals surface area contributed by atoms with Crippen LogP contribution in [0.2, 0.25) is 0 Å². The zero-order valence-electron chi connectivity index (χ0n) is 11.5. The number of methoxy groups -OCH3 is 1. The number of nitrogens with one attached hydrogen (secondary N) is 1. The third-order valence-electron chi connectivity index (χ3n) is 2.38. The van der Waals surface area contributed by atoms with Crippen molar-refractivity contribution in [3.63, 3.8) is 0 Å². The lowest BCUT2D eigenvalue weighted by Gasteiger charge is -2.06. The van der Waals surface area contributed by atoms with Crippen LogP contribution in [-0.4, -0.2) is 24.6 Å². The molecule has 0 aromatic heterocycles. The van der Waals surface area contributed by atoms with Crippen LogP contribution in [0, 0.1) is 21.4 Å². The van der Waals surface area contributed by atoms with Crippen LogP contribution >= 0.6 is 0 Å². The topological polar surface area (TPSA) is 114 Å². The van der Waals surface area contributed by atoms with Crippen LogP contribution < -0.4 is 10.1 Å². The molecule has 0 bridgehead atoms. The van der Waals surface area contributed by atoms with Gasteiger partial charge in [0.25, 0.3) is 0 Å². The molecule has 0 saturated heterocycles. The maximum Gasteiger partial charge on any atom is 0.350 e. The SMILES string of the molecule is CCOC(=O)C(C#N)=CNc1ccc([N+](=O)[O-])c(OC)c1. The van der Waals surface area contributed by atoms with Crippen molar-refractivity contribution in [2.24, 2.45) is 0 Å². The highest BCUT2D eigenvalue weighted by Crippen LogP contribution is 2.29. The highest BCUT2D eigenvalue weighted by atomic mass is 16.6. The van der Waals surface area contributed by atoms with Gasteiger partial charge in [-0.1, -0.05) is 0 Å². The summed E-state index contributed by atoms with van der Waals surface area (Å²) in [5.74, 6) is -0.686. The number of nitro groups is 1. The van der Waals surface area contributed by atoms with Crippen LogP contribution in [0.4, 0.5) is 11.4 Å². The minimum Gasteiger partial charge on any atom is -0.490 e. The number of ether oxygens (including phenoxy) is 2. The lowest BCUT2D eigenvalue weighted by Crippen LogP contribution is -2.08. The van der Waals surface area contributed by atoms with Gasteiger partial charge in [-0.05, 0) is 13.0 Å². The van der Waals surface area contributed by atoms with Crippen molar-refractivity contribution in [2.45, 2.75) is 6.92 Å². The van der Waals surface area contributed by atoms with Gasteiger partial charge in [-0.15, -0.1) is 0 Å². The molecule has 0 atom stereocenters. The Morgan fingerprint density at radius 3 is 2.81 bits per heavy atom. The van der Waals surface area contributed by atoms with Crippen LogP contribution in [0.25, 0.3) is 0 Å². The van der Waals surface area contributed by atoms with Crippen molar-refractivity contribution in [1.29, 1.82) is 5.26 Å². The average molecular weight is 291 g/mol. The first-order chi connectivity index (χ1) is 10.0. The molecule has 0 saturated carbocycles. The van der Waals surface area contributed by atoms with Crippen LogP contribution in [0.3, 0.4) is 0 Å². The molecule has 0 aliphatic heterocycles. The van der Waals surface area contributed by atoms with E-state index < -0.39 is 10.9 Å². The Morgan fingerprint density at radius 2 is 2.29 bits per heavy atom. The van der Waals surface area contributed by atoms with E-state index in [4.69, 9.17) is 14.7 Å². The molecular formula is C13H13N3O5. The van der Waals surface area contributed by atoms with Crippen LogP contribution in [0.15, 0.2) is 30.0 Å². The summed E-state index contributed by atoms with van der Waals surface area (Å²) in [6.07, 6.45) is 1.17. The summed E-state index contributed by atoms with van der Waals surface area (Å²) in [6, 6.07) is 5.77. The van der Waals surface area contributed by atoms with Gasteiger partial charge in [-0.3, -0.25) is 10.1 Å². The summed E-state index contributed by atoms with van der Waals surface area (Å²) >= 11 is 0. The van der Waals surface area contributed by atoms with Crippen LogP contribution in [0.1, 0.15) is 6.92 Å². The highest BCUT2D eigenvalue weighted by molar-refractivity contribution is 5.93. The first-order valence-electron chi connectivity index (χ1n) is 5.89. The second kappa shape index (κ2) is 7.49. The molecule has 0 heterocycles. The van der Waals surface area contributed by atoms with E-state index in [0.717, 1.165) is 0 Å². The van der Waals surface area contributed by atoms with Crippen molar-refractivity contribution < 1.29 is 19.2 Å². The number of hydrogen-bond acceptors (Lipinski definition) is 7. The fourth-order valence-corrected chi connectivity index (χ4v) is 1.42. The zero-order valence-corrected chi connectivity index (χ0v) is 11.5. The number of nitro benzene ring substituents is 1. The van der Waals surface area contributed by atoms with E-state index in [1.54, 1.807) is 13.0 Å². The summed E-state index contributed by atoms with van der Waals surface area (Å²) < 4.78 is 9.60. The number of hydrogen-bond donors (Lipinski definition) is 1. The van der Waals surface area contributed by atoms with Crippen molar-refractivity contribution in [2.75, 3.05) is 19.0 Å². The highest BCUT2D eigenvalue weighted by Gasteiger charge is 2.15. The van der Waals surface area contributed by atoms with Crippen LogP contribution in [-0.2, 0) is 9.53 Å². The Morgan fingerprint density at radius 1 is 1.57 bits per heavy atom. The van der Waals surface area contributed by atoms with Gasteiger partial charge in [0.1, 0.15) is 6.07 Å². The Kier molecular flexibility index (Phi) is 5.70. The minimum atomic E-state index is -0.749. The average Bonchev–Trinajstić information content (AvgIpc) is 2.47. The smallest absolute Gasteiger partial charge is 0.350 e. The molecular weight excluding hydrogens is 278 g/mol. The maximum atomic E-state index is 11.4. The van der Waals surface area contributed by atoms with Gasteiger partial charge in [0.15, 0.2) is 11.3 Å². The molecule has 0 radical (unpaired) electrons. The Hall–Kier alpha value is -3.08. The van der Waals surface area contributed by atoms with E-state index in [0.29, 0.717) is 5.69 Å². The number of anilines is 1. The fourth-order valence-electron chi connectivity index (χ4n) is 1.42. The Bertz CT molecular complexity index is 619. The van der Waals surface area contributed by atoms with E-state index in [9.17, 15) is 14.9 Å². The molecule has 1 aromatic carbocycles. The van der Waals surface area contributed by atoms with Gasteiger partial charge in [-0.25, -0.2) is 4.79 Å². The lowest BCUT2D eigenvalue weighted by molar-refractivity contribution is -0.385. The number of carbonyl (C=O) groups excluding carboxylic acids is 1. The van der Waals surface area contributed by atoms with E-state index in [1.807, 2.05) is 0 Å². The van der Waals surface area contributed by atoms with Gasteiger partial charge >= 0.3 is 11.7 Å². The normalized spacial score (nSPS) is 10.4. The minimum absolute atomic E-state index is 0.0630. The molecule has 110 valence electrons. The number of carbonyl (C=O) groups is 1. The molecule has 0 fully saturated rings. The Balaban J connectivity index is 2.96. The summed E-state index contributed by atoms with van der Waals surface area (Å²) in [5, 5.41) is 22.3. The second-order valence-corrected chi connectivity index (χ2v) is 3.68. The van der Waals surface area contributed by atoms with E-state index in [-0.39, 0.29) is 23.6 Å². The monoisotopic (exact) mass is 291 g/mol. The molecule has 0 unspecified atom stereocenters. The summed E-state index contributed by atoms with van der Waals surface area (Å²) in [6.45, 7) is 1.78. The molecule has 0 aliphatic rings.